The summed E-state index contributed by atoms with van der Waals surface area (Å²) in [6, 6.07) is 13.4. The lowest BCUT2D eigenvalue weighted by Gasteiger charge is -2.07. The van der Waals surface area contributed by atoms with E-state index in [0.717, 1.165) is 24.2 Å². The van der Waals surface area contributed by atoms with Gasteiger partial charge in [0.25, 0.3) is 0 Å². The number of aromatic nitrogens is 3. The van der Waals surface area contributed by atoms with E-state index >= 15 is 0 Å². The van der Waals surface area contributed by atoms with Crippen LogP contribution in [0.25, 0.3) is 11.4 Å². The Morgan fingerprint density at radius 3 is 2.38 bits per heavy atom. The van der Waals surface area contributed by atoms with E-state index in [4.69, 9.17) is 14.6 Å². The Balaban J connectivity index is 0.000000360. The number of fused-ring (bicyclic) bond motifs is 1. The Morgan fingerprint density at radius 1 is 1.12 bits per heavy atom. The molecule has 0 radical (unpaired) electrons. The fourth-order valence-corrected chi connectivity index (χ4v) is 3.05. The van der Waals surface area contributed by atoms with Gasteiger partial charge in [-0.3, -0.25) is 10.00 Å². The molecule has 0 saturated carbocycles. The predicted molar refractivity (Wildman–Crippen MR) is 106 cm³/mol. The molecular formula is C21H19F3N4O4. The molecule has 11 heteroatoms. The number of carboxylic acid groups (broad SMARTS) is 1. The molecule has 0 fully saturated rings. The summed E-state index contributed by atoms with van der Waals surface area (Å²) in [6.45, 7) is 2.20. The van der Waals surface area contributed by atoms with Crippen molar-refractivity contribution in [2.24, 2.45) is 0 Å². The third-order valence-corrected chi connectivity index (χ3v) is 4.57. The van der Waals surface area contributed by atoms with E-state index in [2.05, 4.69) is 39.3 Å². The summed E-state index contributed by atoms with van der Waals surface area (Å²) in [5.74, 6) is -2.42. The number of aliphatic carboxylic acids is 1. The first-order valence-electron chi connectivity index (χ1n) is 9.35. The number of hydrogen-bond donors (Lipinski definition) is 2. The third-order valence-electron chi connectivity index (χ3n) is 4.57. The maximum Gasteiger partial charge on any atom is 0.490 e. The Labute approximate surface area is 180 Å². The van der Waals surface area contributed by atoms with Crippen molar-refractivity contribution in [1.29, 1.82) is 0 Å². The Morgan fingerprint density at radius 2 is 1.78 bits per heavy atom. The number of halogens is 3. The van der Waals surface area contributed by atoms with E-state index in [1.165, 1.54) is 17.5 Å². The van der Waals surface area contributed by atoms with Gasteiger partial charge in [-0.2, -0.15) is 18.3 Å². The zero-order valence-electron chi connectivity index (χ0n) is 16.9. The van der Waals surface area contributed by atoms with Gasteiger partial charge in [-0.25, -0.2) is 14.6 Å². The number of alkyl halides is 3. The number of carbonyl (C=O) groups is 2. The SMILES string of the molecule is CN1Cc2ccc(COC(=O)c3ccc(-c4ncn[nH]4)cc3)cc2C1.O=C(O)C(F)(F)F. The Hall–Kier alpha value is -3.73. The molecule has 1 aliphatic rings. The van der Waals surface area contributed by atoms with E-state index in [1.807, 2.05) is 18.2 Å². The van der Waals surface area contributed by atoms with Crippen molar-refractivity contribution in [2.45, 2.75) is 25.9 Å². The van der Waals surface area contributed by atoms with E-state index < -0.39 is 12.1 Å². The maximum atomic E-state index is 12.2. The van der Waals surface area contributed by atoms with Gasteiger partial charge in [0.05, 0.1) is 5.56 Å². The highest BCUT2D eigenvalue weighted by Gasteiger charge is 2.38. The van der Waals surface area contributed by atoms with Crippen LogP contribution >= 0.6 is 0 Å². The summed E-state index contributed by atoms with van der Waals surface area (Å²) in [5, 5.41) is 13.7. The van der Waals surface area contributed by atoms with Gasteiger partial charge < -0.3 is 9.84 Å². The Bertz CT molecular complexity index is 1080. The van der Waals surface area contributed by atoms with Crippen molar-refractivity contribution in [3.63, 3.8) is 0 Å². The van der Waals surface area contributed by atoms with Crippen molar-refractivity contribution in [3.05, 3.63) is 71.0 Å². The quantitative estimate of drug-likeness (QED) is 0.589. The number of nitrogens with zero attached hydrogens (tertiary/aromatic N) is 3. The summed E-state index contributed by atoms with van der Waals surface area (Å²) in [5.41, 5.74) is 5.06. The molecule has 2 heterocycles. The first-order valence-corrected chi connectivity index (χ1v) is 9.35. The molecule has 32 heavy (non-hydrogen) atoms. The molecule has 3 aromatic rings. The van der Waals surface area contributed by atoms with Crippen LogP contribution in [0.4, 0.5) is 13.2 Å². The molecule has 8 nitrogen and oxygen atoms in total. The average molecular weight is 448 g/mol. The average Bonchev–Trinajstić information content (AvgIpc) is 3.40. The van der Waals surface area contributed by atoms with Gasteiger partial charge in [0.2, 0.25) is 0 Å². The molecule has 1 aliphatic heterocycles. The van der Waals surface area contributed by atoms with Crippen LogP contribution in [0.1, 0.15) is 27.0 Å². The first-order chi connectivity index (χ1) is 15.1. The summed E-state index contributed by atoms with van der Waals surface area (Å²) in [7, 11) is 2.10. The van der Waals surface area contributed by atoms with Crippen LogP contribution in [0.5, 0.6) is 0 Å². The zero-order valence-corrected chi connectivity index (χ0v) is 16.9. The molecule has 0 spiro atoms. The second-order valence-corrected chi connectivity index (χ2v) is 7.07. The van der Waals surface area contributed by atoms with Crippen molar-refractivity contribution in [1.82, 2.24) is 20.1 Å². The van der Waals surface area contributed by atoms with Crippen LogP contribution < -0.4 is 0 Å². The van der Waals surface area contributed by atoms with Gasteiger partial charge in [-0.15, -0.1) is 0 Å². The number of carbonyl (C=O) groups excluding carboxylic acids is 1. The summed E-state index contributed by atoms with van der Waals surface area (Å²) >= 11 is 0. The summed E-state index contributed by atoms with van der Waals surface area (Å²) in [6.07, 6.45) is -3.63. The van der Waals surface area contributed by atoms with Gasteiger partial charge in [-0.1, -0.05) is 30.3 Å². The van der Waals surface area contributed by atoms with E-state index in [1.54, 1.807) is 12.1 Å². The van der Waals surface area contributed by atoms with Gasteiger partial charge in [0, 0.05) is 18.7 Å². The number of ether oxygens (including phenoxy) is 1. The second-order valence-electron chi connectivity index (χ2n) is 7.07. The lowest BCUT2D eigenvalue weighted by atomic mass is 10.1. The molecule has 168 valence electrons. The lowest BCUT2D eigenvalue weighted by Crippen LogP contribution is -2.21. The number of carboxylic acids is 1. The molecular weight excluding hydrogens is 429 g/mol. The van der Waals surface area contributed by atoms with Crippen LogP contribution in [0.2, 0.25) is 0 Å². The first kappa shape index (κ1) is 22.9. The number of nitrogens with one attached hydrogen (secondary N) is 1. The van der Waals surface area contributed by atoms with Gasteiger partial charge in [0.1, 0.15) is 12.9 Å². The molecule has 0 amide bonds. The molecule has 2 N–H and O–H groups in total. The highest BCUT2D eigenvalue weighted by Crippen LogP contribution is 2.23. The summed E-state index contributed by atoms with van der Waals surface area (Å²) in [4.78, 5) is 27.5. The van der Waals surface area contributed by atoms with E-state index in [9.17, 15) is 18.0 Å². The topological polar surface area (TPSA) is 108 Å². The fourth-order valence-electron chi connectivity index (χ4n) is 3.05. The molecule has 2 aromatic carbocycles. The fraction of sp³-hybridized carbons (Fsp3) is 0.238. The largest absolute Gasteiger partial charge is 0.490 e. The number of H-pyrrole nitrogens is 1. The van der Waals surface area contributed by atoms with Crippen molar-refractivity contribution in [3.8, 4) is 11.4 Å². The molecule has 0 unspecified atom stereocenters. The number of rotatable bonds is 4. The highest BCUT2D eigenvalue weighted by molar-refractivity contribution is 5.89. The number of benzene rings is 2. The van der Waals surface area contributed by atoms with Gasteiger partial charge >= 0.3 is 18.1 Å². The normalized spacial score (nSPS) is 13.1. The van der Waals surface area contributed by atoms with Crippen molar-refractivity contribution >= 4 is 11.9 Å². The van der Waals surface area contributed by atoms with Crippen molar-refractivity contribution < 1.29 is 32.6 Å². The highest BCUT2D eigenvalue weighted by atomic mass is 19.4. The van der Waals surface area contributed by atoms with Crippen LogP contribution in [0.3, 0.4) is 0 Å². The predicted octanol–water partition coefficient (Wildman–Crippen LogP) is 3.41. The third kappa shape index (κ3) is 5.91. The molecule has 1 aromatic heterocycles. The zero-order chi connectivity index (χ0) is 23.3. The second kappa shape index (κ2) is 9.60. The smallest absolute Gasteiger partial charge is 0.475 e. The van der Waals surface area contributed by atoms with Crippen LogP contribution in [0, 0.1) is 0 Å². The minimum Gasteiger partial charge on any atom is -0.475 e. The molecule has 0 aliphatic carbocycles. The molecule has 0 saturated heterocycles. The standard InChI is InChI=1S/C19H18N4O2.C2HF3O2/c1-23-9-16-3-2-13(8-17(16)10-23)11-25-19(24)15-6-4-14(5-7-15)18-20-12-21-22-18;3-2(4,5)1(6)7/h2-8,12H,9-11H2,1H3,(H,20,21,22);(H,6,7). The van der Waals surface area contributed by atoms with Crippen LogP contribution in [0.15, 0.2) is 48.8 Å². The Kier molecular flexibility index (Phi) is 6.89. The monoisotopic (exact) mass is 448 g/mol. The molecule has 4 rings (SSSR count). The van der Waals surface area contributed by atoms with E-state index in [0.29, 0.717) is 11.4 Å². The van der Waals surface area contributed by atoms with Gasteiger partial charge in [0.15, 0.2) is 5.82 Å². The minimum atomic E-state index is -5.08. The van der Waals surface area contributed by atoms with Crippen molar-refractivity contribution in [2.75, 3.05) is 7.05 Å². The summed E-state index contributed by atoms with van der Waals surface area (Å²) < 4.78 is 37.2. The number of aromatic amines is 1. The minimum absolute atomic E-state index is 0.277. The number of esters is 1. The lowest BCUT2D eigenvalue weighted by molar-refractivity contribution is -0.192. The number of hydrogen-bond acceptors (Lipinski definition) is 6. The van der Waals surface area contributed by atoms with Gasteiger partial charge in [-0.05, 0) is 35.9 Å². The molecule has 0 atom stereocenters. The van der Waals surface area contributed by atoms with Crippen LogP contribution in [-0.4, -0.2) is 50.4 Å². The van der Waals surface area contributed by atoms with E-state index in [-0.39, 0.29) is 12.6 Å². The van der Waals surface area contributed by atoms with Crippen LogP contribution in [-0.2, 0) is 29.2 Å². The maximum absolute atomic E-state index is 12.2. The molecule has 0 bridgehead atoms.